The van der Waals surface area contributed by atoms with Gasteiger partial charge in [0, 0.05) is 0 Å². The molecule has 1 saturated carbocycles. The van der Waals surface area contributed by atoms with Gasteiger partial charge in [0.1, 0.15) is 5.82 Å². The monoisotopic (exact) mass is 254 g/mol. The average molecular weight is 255 g/mol. The minimum absolute atomic E-state index is 0.224. The Morgan fingerprint density at radius 2 is 1.94 bits per heavy atom. The van der Waals surface area contributed by atoms with Gasteiger partial charge in [-0.15, -0.1) is 0 Å². The lowest BCUT2D eigenvalue weighted by atomic mass is 9.80. The molecule has 2 rings (SSSR count). The maximum atomic E-state index is 13.7. The van der Waals surface area contributed by atoms with E-state index in [2.05, 4.69) is 6.92 Å². The summed E-state index contributed by atoms with van der Waals surface area (Å²) in [6.07, 6.45) is 7.22. The van der Waals surface area contributed by atoms with Crippen molar-refractivity contribution < 1.29 is 4.39 Å². The Morgan fingerprint density at radius 3 is 2.65 bits per heavy atom. The van der Waals surface area contributed by atoms with E-state index in [9.17, 15) is 4.39 Å². The van der Waals surface area contributed by atoms with Crippen molar-refractivity contribution in [1.82, 2.24) is 0 Å². The molecule has 0 amide bonds. The third kappa shape index (κ3) is 3.45. The zero-order valence-electron chi connectivity index (χ0n) is 10.4. The Bertz CT molecular complexity index is 367. The topological polar surface area (TPSA) is 0 Å². The second kappa shape index (κ2) is 5.86. The number of rotatable bonds is 3. The van der Waals surface area contributed by atoms with E-state index in [-0.39, 0.29) is 10.8 Å². The summed E-state index contributed by atoms with van der Waals surface area (Å²) in [5.41, 5.74) is 0.774. The first-order valence-electron chi connectivity index (χ1n) is 6.59. The molecule has 0 bridgehead atoms. The fourth-order valence-corrected chi connectivity index (χ4v) is 2.91. The van der Waals surface area contributed by atoms with E-state index in [0.717, 1.165) is 30.2 Å². The normalized spacial score (nSPS) is 24.9. The van der Waals surface area contributed by atoms with E-state index >= 15 is 0 Å². The summed E-state index contributed by atoms with van der Waals surface area (Å²) in [7, 11) is 0. The van der Waals surface area contributed by atoms with E-state index in [4.69, 9.17) is 11.6 Å². The summed E-state index contributed by atoms with van der Waals surface area (Å²) in [6, 6.07) is 5.30. The highest BCUT2D eigenvalue weighted by molar-refractivity contribution is 6.30. The molecule has 0 spiro atoms. The number of halogens is 2. The third-order valence-corrected chi connectivity index (χ3v) is 4.28. The molecule has 1 aromatic carbocycles. The zero-order chi connectivity index (χ0) is 12.3. The van der Waals surface area contributed by atoms with Crippen molar-refractivity contribution in [3.8, 4) is 0 Å². The smallest absolute Gasteiger partial charge is 0.144 e. The van der Waals surface area contributed by atoms with E-state index < -0.39 is 0 Å². The zero-order valence-corrected chi connectivity index (χ0v) is 11.1. The van der Waals surface area contributed by atoms with Gasteiger partial charge in [0.2, 0.25) is 0 Å². The molecular weight excluding hydrogens is 235 g/mol. The number of aryl methyl sites for hydroxylation is 1. The van der Waals surface area contributed by atoms with Crippen LogP contribution in [0.4, 0.5) is 4.39 Å². The van der Waals surface area contributed by atoms with Crippen LogP contribution in [0.15, 0.2) is 18.2 Å². The first kappa shape index (κ1) is 12.9. The van der Waals surface area contributed by atoms with Crippen LogP contribution in [0.3, 0.4) is 0 Å². The molecule has 0 saturated heterocycles. The fraction of sp³-hybridized carbons (Fsp3) is 0.600. The Kier molecular flexibility index (Phi) is 4.44. The lowest BCUT2D eigenvalue weighted by molar-refractivity contribution is 0.277. The highest BCUT2D eigenvalue weighted by Crippen LogP contribution is 2.31. The summed E-state index contributed by atoms with van der Waals surface area (Å²) >= 11 is 5.78. The fourth-order valence-electron chi connectivity index (χ4n) is 2.72. The van der Waals surface area contributed by atoms with Crippen molar-refractivity contribution in [2.75, 3.05) is 0 Å². The first-order valence-corrected chi connectivity index (χ1v) is 6.97. The Hall–Kier alpha value is -0.560. The minimum atomic E-state index is -0.224. The number of benzene rings is 1. The molecule has 0 radical (unpaired) electrons. The SMILES string of the molecule is CC1CCC(CCc2cccc(Cl)c2F)CC1. The van der Waals surface area contributed by atoms with Gasteiger partial charge in [-0.3, -0.25) is 0 Å². The van der Waals surface area contributed by atoms with Crippen molar-refractivity contribution in [3.05, 3.63) is 34.6 Å². The number of hydrogen-bond acceptors (Lipinski definition) is 0. The molecule has 0 aliphatic heterocycles. The molecule has 0 aromatic heterocycles. The van der Waals surface area contributed by atoms with Crippen molar-refractivity contribution >= 4 is 11.6 Å². The molecule has 0 unspecified atom stereocenters. The van der Waals surface area contributed by atoms with Gasteiger partial charge in [0.25, 0.3) is 0 Å². The summed E-state index contributed by atoms with van der Waals surface area (Å²) < 4.78 is 13.7. The van der Waals surface area contributed by atoms with Crippen molar-refractivity contribution in [2.45, 2.75) is 45.4 Å². The van der Waals surface area contributed by atoms with Crippen LogP contribution in [0.1, 0.15) is 44.6 Å². The molecule has 0 nitrogen and oxygen atoms in total. The second-order valence-corrected chi connectivity index (χ2v) is 5.78. The molecule has 1 aromatic rings. The predicted octanol–water partition coefficient (Wildman–Crippen LogP) is 5.24. The molecule has 0 heterocycles. The van der Waals surface area contributed by atoms with Crippen LogP contribution in [-0.2, 0) is 6.42 Å². The van der Waals surface area contributed by atoms with Crippen LogP contribution in [0.5, 0.6) is 0 Å². The average Bonchev–Trinajstić information content (AvgIpc) is 2.33. The van der Waals surface area contributed by atoms with E-state index in [0.29, 0.717) is 0 Å². The first-order chi connectivity index (χ1) is 8.16. The largest absolute Gasteiger partial charge is 0.205 e. The highest BCUT2D eigenvalue weighted by Gasteiger charge is 2.18. The molecule has 0 N–H and O–H groups in total. The molecule has 1 fully saturated rings. The Balaban J connectivity index is 1.87. The lowest BCUT2D eigenvalue weighted by Crippen LogP contribution is -2.13. The van der Waals surface area contributed by atoms with Crippen LogP contribution < -0.4 is 0 Å². The summed E-state index contributed by atoms with van der Waals surface area (Å²) in [4.78, 5) is 0. The van der Waals surface area contributed by atoms with Gasteiger partial charge in [-0.2, -0.15) is 0 Å². The van der Waals surface area contributed by atoms with Gasteiger partial charge in [0.15, 0.2) is 0 Å². The Labute approximate surface area is 108 Å². The molecular formula is C15H20ClF. The highest BCUT2D eigenvalue weighted by atomic mass is 35.5. The molecule has 0 atom stereocenters. The summed E-state index contributed by atoms with van der Waals surface area (Å²) in [5, 5.41) is 0.250. The van der Waals surface area contributed by atoms with E-state index in [1.54, 1.807) is 6.07 Å². The number of hydrogen-bond donors (Lipinski definition) is 0. The third-order valence-electron chi connectivity index (χ3n) is 3.99. The van der Waals surface area contributed by atoms with Gasteiger partial charge >= 0.3 is 0 Å². The quantitative estimate of drug-likeness (QED) is 0.692. The molecule has 94 valence electrons. The summed E-state index contributed by atoms with van der Waals surface area (Å²) in [6.45, 7) is 2.33. The predicted molar refractivity (Wildman–Crippen MR) is 70.9 cm³/mol. The van der Waals surface area contributed by atoms with E-state index in [1.165, 1.54) is 25.7 Å². The van der Waals surface area contributed by atoms with Crippen molar-refractivity contribution in [1.29, 1.82) is 0 Å². The van der Waals surface area contributed by atoms with Crippen LogP contribution in [0.25, 0.3) is 0 Å². The Morgan fingerprint density at radius 1 is 1.24 bits per heavy atom. The molecule has 1 aliphatic carbocycles. The maximum absolute atomic E-state index is 13.7. The second-order valence-electron chi connectivity index (χ2n) is 5.38. The van der Waals surface area contributed by atoms with Gasteiger partial charge in [-0.05, 0) is 36.3 Å². The van der Waals surface area contributed by atoms with Gasteiger partial charge < -0.3 is 0 Å². The summed E-state index contributed by atoms with van der Waals surface area (Å²) in [5.74, 6) is 1.44. The van der Waals surface area contributed by atoms with Gasteiger partial charge in [-0.1, -0.05) is 56.3 Å². The van der Waals surface area contributed by atoms with Crippen LogP contribution in [-0.4, -0.2) is 0 Å². The minimum Gasteiger partial charge on any atom is -0.205 e. The van der Waals surface area contributed by atoms with Gasteiger partial charge in [-0.25, -0.2) is 4.39 Å². The molecule has 2 heteroatoms. The van der Waals surface area contributed by atoms with Crippen molar-refractivity contribution in [3.63, 3.8) is 0 Å². The van der Waals surface area contributed by atoms with Crippen molar-refractivity contribution in [2.24, 2.45) is 11.8 Å². The lowest BCUT2D eigenvalue weighted by Gasteiger charge is -2.26. The maximum Gasteiger partial charge on any atom is 0.144 e. The van der Waals surface area contributed by atoms with Crippen LogP contribution >= 0.6 is 11.6 Å². The van der Waals surface area contributed by atoms with Crippen LogP contribution in [0, 0.1) is 17.7 Å². The van der Waals surface area contributed by atoms with Gasteiger partial charge in [0.05, 0.1) is 5.02 Å². The van der Waals surface area contributed by atoms with Crippen LogP contribution in [0.2, 0.25) is 5.02 Å². The standard InChI is InChI=1S/C15H20ClF/c1-11-5-7-12(8-6-11)9-10-13-3-2-4-14(16)15(13)17/h2-4,11-12H,5-10H2,1H3. The molecule has 17 heavy (non-hydrogen) atoms. The van der Waals surface area contributed by atoms with E-state index in [1.807, 2.05) is 12.1 Å². The molecule has 1 aliphatic rings.